The van der Waals surface area contributed by atoms with E-state index in [1.54, 1.807) is 24.3 Å². The van der Waals surface area contributed by atoms with Crippen LogP contribution in [-0.2, 0) is 16.4 Å². The number of allylic oxidation sites excluding steroid dienone is 1. The lowest BCUT2D eigenvalue weighted by Gasteiger charge is -2.05. The van der Waals surface area contributed by atoms with Crippen molar-refractivity contribution in [1.29, 1.82) is 0 Å². The number of carbonyl (C=O) groups excluding carboxylic acids is 1. The topological polar surface area (TPSA) is 76.4 Å². The predicted molar refractivity (Wildman–Crippen MR) is 134 cm³/mol. The molecule has 1 heterocycles. The minimum absolute atomic E-state index is 0.0187. The lowest BCUT2D eigenvalue weighted by atomic mass is 10.0. The summed E-state index contributed by atoms with van der Waals surface area (Å²) in [6.45, 7) is 3.76. The Morgan fingerprint density at radius 2 is 1.33 bits per heavy atom. The van der Waals surface area contributed by atoms with Crippen molar-refractivity contribution < 1.29 is 17.6 Å². The van der Waals surface area contributed by atoms with Gasteiger partial charge in [-0.25, -0.2) is 13.1 Å². The van der Waals surface area contributed by atoms with E-state index in [0.717, 1.165) is 25.7 Å². The van der Waals surface area contributed by atoms with Crippen molar-refractivity contribution in [3.8, 4) is 0 Å². The number of hydrogen-bond acceptors (Lipinski definition) is 4. The smallest absolute Gasteiger partial charge is 0.300 e. The van der Waals surface area contributed by atoms with Crippen molar-refractivity contribution in [2.24, 2.45) is 0 Å². The maximum Gasteiger partial charge on any atom is 0.300 e. The molecule has 182 valence electrons. The number of sulfonamides is 1. The van der Waals surface area contributed by atoms with Crippen LogP contribution in [0.1, 0.15) is 99.8 Å². The number of amides is 1. The van der Waals surface area contributed by atoms with E-state index in [4.69, 9.17) is 4.42 Å². The van der Waals surface area contributed by atoms with E-state index in [1.807, 2.05) is 6.08 Å². The zero-order valence-electron chi connectivity index (χ0n) is 19.8. The van der Waals surface area contributed by atoms with Gasteiger partial charge >= 0.3 is 5.91 Å². The minimum Gasteiger partial charge on any atom is -0.456 e. The maximum atomic E-state index is 12.3. The summed E-state index contributed by atoms with van der Waals surface area (Å²) in [5.74, 6) is -0.0163. The lowest BCUT2D eigenvalue weighted by molar-refractivity contribution is 0.0952. The van der Waals surface area contributed by atoms with Gasteiger partial charge in [-0.15, -0.1) is 6.58 Å². The van der Waals surface area contributed by atoms with Gasteiger partial charge in [0.05, 0.1) is 4.90 Å². The molecule has 2 aromatic rings. The van der Waals surface area contributed by atoms with Gasteiger partial charge < -0.3 is 4.42 Å². The summed E-state index contributed by atoms with van der Waals surface area (Å²) in [6, 6.07) is 11.1. The molecule has 0 aliphatic rings. The molecule has 0 aliphatic heterocycles. The van der Waals surface area contributed by atoms with E-state index in [2.05, 4.69) is 11.3 Å². The van der Waals surface area contributed by atoms with Crippen LogP contribution in [-0.4, -0.2) is 14.3 Å². The van der Waals surface area contributed by atoms with Crippen LogP contribution in [0.5, 0.6) is 0 Å². The van der Waals surface area contributed by atoms with E-state index >= 15 is 0 Å². The van der Waals surface area contributed by atoms with E-state index < -0.39 is 15.9 Å². The Morgan fingerprint density at radius 3 is 1.91 bits per heavy atom. The largest absolute Gasteiger partial charge is 0.456 e. The van der Waals surface area contributed by atoms with Gasteiger partial charge in [-0.1, -0.05) is 88.5 Å². The highest BCUT2D eigenvalue weighted by Crippen LogP contribution is 2.16. The highest BCUT2D eigenvalue weighted by atomic mass is 32.2. The van der Waals surface area contributed by atoms with Crippen LogP contribution < -0.4 is 4.72 Å². The zero-order chi connectivity index (χ0) is 23.8. The van der Waals surface area contributed by atoms with Crippen molar-refractivity contribution in [1.82, 2.24) is 4.72 Å². The van der Waals surface area contributed by atoms with Gasteiger partial charge in [0.1, 0.15) is 5.76 Å². The third kappa shape index (κ3) is 10.9. The van der Waals surface area contributed by atoms with Crippen LogP contribution in [0.4, 0.5) is 0 Å². The van der Waals surface area contributed by atoms with Crippen molar-refractivity contribution in [2.75, 3.05) is 0 Å². The second kappa shape index (κ2) is 15.5. The average Bonchev–Trinajstić information content (AvgIpc) is 3.29. The number of rotatable bonds is 18. The fourth-order valence-electron chi connectivity index (χ4n) is 3.82. The monoisotopic (exact) mass is 473 g/mol. The summed E-state index contributed by atoms with van der Waals surface area (Å²) in [7, 11) is -3.90. The molecule has 1 aromatic carbocycles. The number of carbonyl (C=O) groups is 1. The molecule has 0 atom stereocenters. The van der Waals surface area contributed by atoms with Gasteiger partial charge in [-0.05, 0) is 43.5 Å². The number of nitrogens with one attached hydrogen (secondary N) is 1. The highest BCUT2D eigenvalue weighted by molar-refractivity contribution is 7.90. The number of furan rings is 1. The Hall–Kier alpha value is -2.34. The van der Waals surface area contributed by atoms with E-state index in [1.165, 1.54) is 82.4 Å². The second-order valence-corrected chi connectivity index (χ2v) is 10.3. The van der Waals surface area contributed by atoms with E-state index in [9.17, 15) is 13.2 Å². The Bertz CT molecular complexity index is 919. The number of hydrogen-bond donors (Lipinski definition) is 1. The highest BCUT2D eigenvalue weighted by Gasteiger charge is 2.20. The predicted octanol–water partition coefficient (Wildman–Crippen LogP) is 7.20. The standard InChI is InChI=1S/C27H39NO4S/c1-2-3-4-5-6-7-8-9-10-11-12-13-14-16-19-24-22-23-26(32-24)27(29)28-33(30,31)25-20-17-15-18-21-25/h2,15,17-18,20-23H,1,3-14,16,19H2,(H,28,29). The van der Waals surface area contributed by atoms with Gasteiger partial charge in [0, 0.05) is 6.42 Å². The summed E-state index contributed by atoms with van der Waals surface area (Å²) in [6.07, 6.45) is 19.2. The van der Waals surface area contributed by atoms with Gasteiger partial charge in [0.2, 0.25) is 0 Å². The zero-order valence-corrected chi connectivity index (χ0v) is 20.6. The van der Waals surface area contributed by atoms with Crippen LogP contribution in [0.15, 0.2) is 64.4 Å². The third-order valence-corrected chi connectivity index (χ3v) is 7.09. The van der Waals surface area contributed by atoms with Crippen LogP contribution in [0.25, 0.3) is 0 Å². The summed E-state index contributed by atoms with van der Waals surface area (Å²) in [4.78, 5) is 12.3. The molecule has 0 saturated heterocycles. The molecule has 0 bridgehead atoms. The molecule has 0 radical (unpaired) electrons. The van der Waals surface area contributed by atoms with Crippen molar-refractivity contribution in [3.05, 3.63) is 66.6 Å². The van der Waals surface area contributed by atoms with Gasteiger partial charge in [0.25, 0.3) is 10.0 Å². The molecular formula is C27H39NO4S. The Balaban J connectivity index is 1.53. The molecule has 33 heavy (non-hydrogen) atoms. The van der Waals surface area contributed by atoms with E-state index in [0.29, 0.717) is 5.76 Å². The van der Waals surface area contributed by atoms with Crippen LogP contribution in [0.2, 0.25) is 0 Å². The average molecular weight is 474 g/mol. The van der Waals surface area contributed by atoms with Gasteiger partial charge in [-0.3, -0.25) is 4.79 Å². The minimum atomic E-state index is -3.90. The Kier molecular flexibility index (Phi) is 12.6. The molecule has 1 N–H and O–H groups in total. The number of unbranched alkanes of at least 4 members (excludes halogenated alkanes) is 12. The molecular weight excluding hydrogens is 434 g/mol. The fourth-order valence-corrected chi connectivity index (χ4v) is 4.80. The maximum absolute atomic E-state index is 12.3. The summed E-state index contributed by atoms with van der Waals surface area (Å²) in [5, 5.41) is 0. The number of benzene rings is 1. The van der Waals surface area contributed by atoms with Crippen LogP contribution >= 0.6 is 0 Å². The van der Waals surface area contributed by atoms with Gasteiger partial charge in [-0.2, -0.15) is 0 Å². The van der Waals surface area contributed by atoms with Crippen LogP contribution in [0, 0.1) is 0 Å². The fraction of sp³-hybridized carbons (Fsp3) is 0.519. The molecule has 0 unspecified atom stereocenters. The first kappa shape index (κ1) is 26.9. The van der Waals surface area contributed by atoms with Crippen molar-refractivity contribution >= 4 is 15.9 Å². The second-order valence-electron chi connectivity index (χ2n) is 8.58. The Morgan fingerprint density at radius 1 is 0.788 bits per heavy atom. The molecule has 0 aliphatic carbocycles. The number of aryl methyl sites for hydroxylation is 1. The molecule has 1 amide bonds. The molecule has 2 rings (SSSR count). The molecule has 0 spiro atoms. The van der Waals surface area contributed by atoms with Crippen molar-refractivity contribution in [2.45, 2.75) is 94.8 Å². The Labute approximate surface area is 199 Å². The first-order valence-electron chi connectivity index (χ1n) is 12.3. The molecule has 6 heteroatoms. The molecule has 5 nitrogen and oxygen atoms in total. The van der Waals surface area contributed by atoms with Gasteiger partial charge in [0.15, 0.2) is 5.76 Å². The van der Waals surface area contributed by atoms with Crippen LogP contribution in [0.3, 0.4) is 0 Å². The first-order chi connectivity index (χ1) is 16.0. The molecule has 1 aromatic heterocycles. The normalized spacial score (nSPS) is 11.4. The SMILES string of the molecule is C=CCCCCCCCCCCCCCCc1ccc(C(=O)NS(=O)(=O)c2ccccc2)o1. The summed E-state index contributed by atoms with van der Waals surface area (Å²) in [5.41, 5.74) is 0. The molecule has 0 fully saturated rings. The molecule has 0 saturated carbocycles. The third-order valence-electron chi connectivity index (χ3n) is 5.75. The summed E-state index contributed by atoms with van der Waals surface area (Å²) >= 11 is 0. The quantitative estimate of drug-likeness (QED) is 0.183. The first-order valence-corrected chi connectivity index (χ1v) is 13.8. The summed E-state index contributed by atoms with van der Waals surface area (Å²) < 4.78 is 32.1. The van der Waals surface area contributed by atoms with E-state index in [-0.39, 0.29) is 10.7 Å². The lowest BCUT2D eigenvalue weighted by Crippen LogP contribution is -2.30. The van der Waals surface area contributed by atoms with Crippen molar-refractivity contribution in [3.63, 3.8) is 0 Å².